The van der Waals surface area contributed by atoms with Crippen molar-refractivity contribution in [1.82, 2.24) is 5.32 Å². The Morgan fingerprint density at radius 3 is 2.78 bits per heavy atom. The second-order valence-electron chi connectivity index (χ2n) is 6.02. The third kappa shape index (κ3) is 3.69. The largest absolute Gasteiger partial charge is 0.388 e. The highest BCUT2D eigenvalue weighted by atomic mass is 16.5. The molecule has 1 aliphatic carbocycles. The zero-order valence-electron chi connectivity index (χ0n) is 11.3. The maximum Gasteiger partial charge on any atom is 0.223 e. The molecule has 0 spiro atoms. The summed E-state index contributed by atoms with van der Waals surface area (Å²) in [5, 5.41) is 13.2. The molecule has 0 radical (unpaired) electrons. The van der Waals surface area contributed by atoms with Crippen LogP contribution in [0.1, 0.15) is 45.4 Å². The molecule has 2 unspecified atom stereocenters. The number of carbonyl (C=O) groups is 1. The van der Waals surface area contributed by atoms with Gasteiger partial charge >= 0.3 is 0 Å². The molecule has 2 aliphatic rings. The van der Waals surface area contributed by atoms with Gasteiger partial charge < -0.3 is 15.2 Å². The highest BCUT2D eigenvalue weighted by Crippen LogP contribution is 2.28. The van der Waals surface area contributed by atoms with E-state index in [0.717, 1.165) is 19.3 Å². The van der Waals surface area contributed by atoms with E-state index < -0.39 is 5.60 Å². The SMILES string of the molecule is CC1CCCC(C(=O)NCC2(O)CCOCC2)C1. The van der Waals surface area contributed by atoms with Gasteiger partial charge in [-0.3, -0.25) is 4.79 Å². The molecule has 2 N–H and O–H groups in total. The minimum absolute atomic E-state index is 0.126. The van der Waals surface area contributed by atoms with Crippen LogP contribution in [-0.4, -0.2) is 36.4 Å². The average molecular weight is 255 g/mol. The van der Waals surface area contributed by atoms with Gasteiger partial charge in [0.05, 0.1) is 5.60 Å². The Labute approximate surface area is 109 Å². The molecule has 1 heterocycles. The number of carbonyl (C=O) groups excluding carboxylic acids is 1. The smallest absolute Gasteiger partial charge is 0.223 e. The second kappa shape index (κ2) is 6.02. The molecular formula is C14H25NO3. The van der Waals surface area contributed by atoms with E-state index in [1.165, 1.54) is 6.42 Å². The highest BCUT2D eigenvalue weighted by Gasteiger charge is 2.32. The van der Waals surface area contributed by atoms with Crippen molar-refractivity contribution >= 4 is 5.91 Å². The van der Waals surface area contributed by atoms with Crippen LogP contribution in [0.2, 0.25) is 0 Å². The lowest BCUT2D eigenvalue weighted by Gasteiger charge is -2.33. The first-order chi connectivity index (χ1) is 8.59. The third-order valence-electron chi connectivity index (χ3n) is 4.32. The minimum Gasteiger partial charge on any atom is -0.388 e. The number of aliphatic hydroxyl groups is 1. The first-order valence-corrected chi connectivity index (χ1v) is 7.17. The summed E-state index contributed by atoms with van der Waals surface area (Å²) >= 11 is 0. The van der Waals surface area contributed by atoms with E-state index in [1.54, 1.807) is 0 Å². The molecule has 0 aromatic heterocycles. The number of hydrogen-bond acceptors (Lipinski definition) is 3. The average Bonchev–Trinajstić information content (AvgIpc) is 2.37. The first-order valence-electron chi connectivity index (χ1n) is 7.17. The Kier molecular flexibility index (Phi) is 4.62. The van der Waals surface area contributed by atoms with Gasteiger partial charge in [0.1, 0.15) is 0 Å². The summed E-state index contributed by atoms with van der Waals surface area (Å²) in [4.78, 5) is 12.1. The van der Waals surface area contributed by atoms with Crippen LogP contribution in [0, 0.1) is 11.8 Å². The fourth-order valence-corrected chi connectivity index (χ4v) is 3.00. The number of rotatable bonds is 3. The molecule has 2 rings (SSSR count). The van der Waals surface area contributed by atoms with Crippen molar-refractivity contribution in [3.8, 4) is 0 Å². The molecule has 104 valence electrons. The predicted molar refractivity (Wildman–Crippen MR) is 69.1 cm³/mol. The maximum atomic E-state index is 12.1. The van der Waals surface area contributed by atoms with Gasteiger partial charge in [-0.25, -0.2) is 0 Å². The molecule has 4 nitrogen and oxygen atoms in total. The van der Waals surface area contributed by atoms with Crippen molar-refractivity contribution in [2.75, 3.05) is 19.8 Å². The molecule has 1 aliphatic heterocycles. The zero-order valence-corrected chi connectivity index (χ0v) is 11.3. The number of ether oxygens (including phenoxy) is 1. The monoisotopic (exact) mass is 255 g/mol. The Hall–Kier alpha value is -0.610. The van der Waals surface area contributed by atoms with Gasteiger partial charge in [-0.05, 0) is 18.8 Å². The standard InChI is InChI=1S/C14H25NO3/c1-11-3-2-4-12(9-11)13(16)15-10-14(17)5-7-18-8-6-14/h11-12,17H,2-10H2,1H3,(H,15,16). The Morgan fingerprint density at radius 1 is 1.39 bits per heavy atom. The molecule has 0 aromatic carbocycles. The summed E-state index contributed by atoms with van der Waals surface area (Å²) in [5.41, 5.74) is -0.756. The van der Waals surface area contributed by atoms with Crippen LogP contribution in [0.3, 0.4) is 0 Å². The van der Waals surface area contributed by atoms with Gasteiger partial charge in [0.2, 0.25) is 5.91 Å². The van der Waals surface area contributed by atoms with E-state index in [1.807, 2.05) is 0 Å². The fraction of sp³-hybridized carbons (Fsp3) is 0.929. The van der Waals surface area contributed by atoms with Crippen molar-refractivity contribution in [2.24, 2.45) is 11.8 Å². The maximum absolute atomic E-state index is 12.1. The minimum atomic E-state index is -0.756. The number of amides is 1. The summed E-state index contributed by atoms with van der Waals surface area (Å²) in [6.07, 6.45) is 5.62. The van der Waals surface area contributed by atoms with E-state index in [2.05, 4.69) is 12.2 Å². The summed E-state index contributed by atoms with van der Waals surface area (Å²) in [6.45, 7) is 3.77. The Bertz CT molecular complexity index is 287. The lowest BCUT2D eigenvalue weighted by atomic mass is 9.82. The van der Waals surface area contributed by atoms with Crippen molar-refractivity contribution in [1.29, 1.82) is 0 Å². The quantitative estimate of drug-likeness (QED) is 0.803. The molecule has 2 fully saturated rings. The zero-order chi connectivity index (χ0) is 13.0. The van der Waals surface area contributed by atoms with Crippen LogP contribution < -0.4 is 5.32 Å². The molecule has 1 saturated heterocycles. The normalized spacial score (nSPS) is 31.9. The highest BCUT2D eigenvalue weighted by molar-refractivity contribution is 5.78. The molecular weight excluding hydrogens is 230 g/mol. The molecule has 1 amide bonds. The van der Waals surface area contributed by atoms with Crippen LogP contribution in [0.15, 0.2) is 0 Å². The van der Waals surface area contributed by atoms with Gasteiger partial charge in [0.15, 0.2) is 0 Å². The lowest BCUT2D eigenvalue weighted by molar-refractivity contribution is -0.129. The van der Waals surface area contributed by atoms with E-state index in [-0.39, 0.29) is 11.8 Å². The van der Waals surface area contributed by atoms with Crippen molar-refractivity contribution in [3.63, 3.8) is 0 Å². The first kappa shape index (κ1) is 13.8. The van der Waals surface area contributed by atoms with Crippen LogP contribution in [0.5, 0.6) is 0 Å². The van der Waals surface area contributed by atoms with Crippen molar-refractivity contribution < 1.29 is 14.6 Å². The van der Waals surface area contributed by atoms with E-state index >= 15 is 0 Å². The van der Waals surface area contributed by atoms with Gasteiger partial charge in [0.25, 0.3) is 0 Å². The van der Waals surface area contributed by atoms with Gasteiger partial charge in [0, 0.05) is 38.5 Å². The van der Waals surface area contributed by atoms with E-state index in [4.69, 9.17) is 4.74 Å². The molecule has 18 heavy (non-hydrogen) atoms. The van der Waals surface area contributed by atoms with E-state index in [0.29, 0.717) is 38.5 Å². The van der Waals surface area contributed by atoms with Crippen molar-refractivity contribution in [3.05, 3.63) is 0 Å². The van der Waals surface area contributed by atoms with Crippen molar-refractivity contribution in [2.45, 2.75) is 51.0 Å². The molecule has 1 saturated carbocycles. The lowest BCUT2D eigenvalue weighted by Crippen LogP contribution is -2.48. The molecule has 4 heteroatoms. The second-order valence-corrected chi connectivity index (χ2v) is 6.02. The number of hydrogen-bond donors (Lipinski definition) is 2. The molecule has 0 bridgehead atoms. The van der Waals surface area contributed by atoms with Gasteiger partial charge in [-0.2, -0.15) is 0 Å². The van der Waals surface area contributed by atoms with Gasteiger partial charge in [-0.1, -0.05) is 19.8 Å². The summed E-state index contributed by atoms with van der Waals surface area (Å²) in [5.74, 6) is 0.930. The van der Waals surface area contributed by atoms with E-state index in [9.17, 15) is 9.90 Å². The van der Waals surface area contributed by atoms with Gasteiger partial charge in [-0.15, -0.1) is 0 Å². The summed E-state index contributed by atoms with van der Waals surface area (Å²) in [7, 11) is 0. The molecule has 0 aromatic rings. The Morgan fingerprint density at radius 2 is 2.11 bits per heavy atom. The molecule has 2 atom stereocenters. The van der Waals surface area contributed by atoms with Crippen LogP contribution >= 0.6 is 0 Å². The third-order valence-corrected chi connectivity index (χ3v) is 4.32. The summed E-state index contributed by atoms with van der Waals surface area (Å²) in [6, 6.07) is 0. The van der Waals surface area contributed by atoms with Crippen LogP contribution in [-0.2, 0) is 9.53 Å². The van der Waals surface area contributed by atoms with Crippen LogP contribution in [0.4, 0.5) is 0 Å². The Balaban J connectivity index is 1.76. The summed E-state index contributed by atoms with van der Waals surface area (Å²) < 4.78 is 5.23. The van der Waals surface area contributed by atoms with Crippen LogP contribution in [0.25, 0.3) is 0 Å². The topological polar surface area (TPSA) is 58.6 Å². The fourth-order valence-electron chi connectivity index (χ4n) is 3.00. The number of nitrogens with one attached hydrogen (secondary N) is 1. The predicted octanol–water partition coefficient (Wildman–Crippen LogP) is 1.47.